The molecule has 3 nitrogen and oxygen atoms in total. The van der Waals surface area contributed by atoms with E-state index in [1.54, 1.807) is 7.11 Å². The number of nitrogens with zero attached hydrogens (tertiary/aromatic N) is 1. The van der Waals surface area contributed by atoms with E-state index in [0.29, 0.717) is 24.1 Å². The number of pyridine rings is 1. The number of rotatable bonds is 10. The predicted molar refractivity (Wildman–Crippen MR) is 170 cm³/mol. The monoisotopic (exact) mass is 595 g/mol. The van der Waals surface area contributed by atoms with Gasteiger partial charge in [0.15, 0.2) is 0 Å². The minimum absolute atomic E-state index is 0.408. The van der Waals surface area contributed by atoms with Gasteiger partial charge in [-0.05, 0) is 70.8 Å². The molecule has 0 aliphatic heterocycles. The summed E-state index contributed by atoms with van der Waals surface area (Å²) in [6.45, 7) is 6.87. The van der Waals surface area contributed by atoms with Crippen LogP contribution in [-0.4, -0.2) is 17.2 Å². The van der Waals surface area contributed by atoms with E-state index < -0.39 is 11.5 Å². The Morgan fingerprint density at radius 2 is 1.57 bits per heavy atom. The van der Waals surface area contributed by atoms with E-state index in [-0.39, 0.29) is 0 Å². The Morgan fingerprint density at radius 3 is 2.33 bits per heavy atom. The van der Waals surface area contributed by atoms with Crippen LogP contribution in [0.1, 0.15) is 62.6 Å². The van der Waals surface area contributed by atoms with Crippen LogP contribution in [-0.2, 0) is 5.60 Å². The molecule has 0 saturated heterocycles. The number of fused-ring (bicyclic) bond motifs is 2. The molecular formula is C36H38BrNO2. The van der Waals surface area contributed by atoms with Gasteiger partial charge in [-0.2, -0.15) is 0 Å². The lowest BCUT2D eigenvalue weighted by Crippen LogP contribution is -2.36. The lowest BCUT2D eigenvalue weighted by Gasteiger charge is -2.40. The zero-order valence-corrected chi connectivity index (χ0v) is 25.4. The molecule has 0 aliphatic carbocycles. The van der Waals surface area contributed by atoms with Crippen molar-refractivity contribution in [2.75, 3.05) is 7.11 Å². The van der Waals surface area contributed by atoms with E-state index in [1.165, 1.54) is 0 Å². The molecule has 4 aromatic carbocycles. The quantitative estimate of drug-likeness (QED) is 0.175. The van der Waals surface area contributed by atoms with Crippen molar-refractivity contribution < 1.29 is 9.84 Å². The van der Waals surface area contributed by atoms with Crippen LogP contribution in [0.2, 0.25) is 0 Å². The molecule has 5 rings (SSSR count). The summed E-state index contributed by atoms with van der Waals surface area (Å²) in [6, 6.07) is 33.2. The number of aromatic nitrogens is 1. The fraction of sp³-hybridized carbons (Fsp3) is 0.306. The van der Waals surface area contributed by atoms with Gasteiger partial charge in [0.2, 0.25) is 5.88 Å². The second-order valence-electron chi connectivity index (χ2n) is 11.1. The molecule has 0 bridgehead atoms. The van der Waals surface area contributed by atoms with Crippen LogP contribution in [0.3, 0.4) is 0 Å². The first kappa shape index (κ1) is 28.3. The van der Waals surface area contributed by atoms with Gasteiger partial charge in [0.25, 0.3) is 0 Å². The van der Waals surface area contributed by atoms with Crippen molar-refractivity contribution in [1.82, 2.24) is 4.98 Å². The van der Waals surface area contributed by atoms with E-state index in [0.717, 1.165) is 55.7 Å². The lowest BCUT2D eigenvalue weighted by molar-refractivity contribution is 0.00356. The molecule has 0 fully saturated rings. The molecule has 1 heterocycles. The summed E-state index contributed by atoms with van der Waals surface area (Å²) in [5.74, 6) is 1.17. The number of benzene rings is 4. The highest BCUT2D eigenvalue weighted by molar-refractivity contribution is 9.10. The van der Waals surface area contributed by atoms with Crippen LogP contribution in [0.4, 0.5) is 0 Å². The first-order chi connectivity index (χ1) is 19.4. The largest absolute Gasteiger partial charge is 0.481 e. The van der Waals surface area contributed by atoms with Crippen molar-refractivity contribution in [1.29, 1.82) is 0 Å². The van der Waals surface area contributed by atoms with Gasteiger partial charge in [0, 0.05) is 21.3 Å². The summed E-state index contributed by atoms with van der Waals surface area (Å²) in [7, 11) is 1.67. The van der Waals surface area contributed by atoms with Gasteiger partial charge in [0.05, 0.1) is 12.6 Å². The molecule has 206 valence electrons. The fourth-order valence-corrected chi connectivity index (χ4v) is 6.43. The summed E-state index contributed by atoms with van der Waals surface area (Å²) in [5.41, 5.74) is 2.48. The van der Waals surface area contributed by atoms with Gasteiger partial charge in [0.1, 0.15) is 5.60 Å². The maximum atomic E-state index is 13.3. The summed E-state index contributed by atoms with van der Waals surface area (Å²) >= 11 is 3.63. The topological polar surface area (TPSA) is 42.4 Å². The number of aliphatic hydroxyl groups is 1. The van der Waals surface area contributed by atoms with E-state index >= 15 is 0 Å². The third-order valence-electron chi connectivity index (χ3n) is 8.74. The van der Waals surface area contributed by atoms with Crippen LogP contribution in [0.15, 0.2) is 102 Å². The van der Waals surface area contributed by atoms with Gasteiger partial charge >= 0.3 is 0 Å². The van der Waals surface area contributed by atoms with E-state index in [9.17, 15) is 5.11 Å². The van der Waals surface area contributed by atoms with Gasteiger partial charge in [-0.15, -0.1) is 0 Å². The van der Waals surface area contributed by atoms with Crippen molar-refractivity contribution >= 4 is 37.6 Å². The van der Waals surface area contributed by atoms with Gasteiger partial charge < -0.3 is 9.84 Å². The molecule has 4 heteroatoms. The number of hydrogen-bond acceptors (Lipinski definition) is 3. The van der Waals surface area contributed by atoms with Crippen LogP contribution in [0, 0.1) is 11.8 Å². The first-order valence-electron chi connectivity index (χ1n) is 14.3. The highest BCUT2D eigenvalue weighted by atomic mass is 79.9. The van der Waals surface area contributed by atoms with E-state index in [2.05, 4.69) is 103 Å². The molecule has 40 heavy (non-hydrogen) atoms. The standard InChI is InChI=1S/C36H38BrNO2/c1-5-24(2)25(3)20-21-36(39,32-17-11-15-26-12-9-10-16-30(26)32)34(27-13-7-6-8-14-27)31-23-28-22-29(37)18-19-33(28)38-35(31)40-4/h6-19,22-25,34,39H,5,20-21H2,1-4H3. The zero-order chi connectivity index (χ0) is 28.3. The Balaban J connectivity index is 1.80. The highest BCUT2D eigenvalue weighted by Gasteiger charge is 2.43. The molecule has 4 unspecified atom stereocenters. The fourth-order valence-electron chi connectivity index (χ4n) is 6.05. The smallest absolute Gasteiger partial charge is 0.217 e. The number of methoxy groups -OCH3 is 1. The Kier molecular flexibility index (Phi) is 8.58. The summed E-state index contributed by atoms with van der Waals surface area (Å²) in [5, 5.41) is 16.5. The zero-order valence-electron chi connectivity index (χ0n) is 23.8. The number of ether oxygens (including phenoxy) is 1. The summed E-state index contributed by atoms with van der Waals surface area (Å²) < 4.78 is 6.94. The minimum Gasteiger partial charge on any atom is -0.481 e. The van der Waals surface area contributed by atoms with Crippen molar-refractivity contribution in [2.24, 2.45) is 11.8 Å². The van der Waals surface area contributed by atoms with Crippen molar-refractivity contribution in [3.8, 4) is 5.88 Å². The number of halogens is 1. The van der Waals surface area contributed by atoms with Gasteiger partial charge in [-0.3, -0.25) is 0 Å². The molecule has 0 spiro atoms. The maximum Gasteiger partial charge on any atom is 0.217 e. The van der Waals surface area contributed by atoms with E-state index in [4.69, 9.17) is 9.72 Å². The van der Waals surface area contributed by atoms with Crippen LogP contribution < -0.4 is 4.74 Å². The van der Waals surface area contributed by atoms with Gasteiger partial charge in [-0.25, -0.2) is 4.98 Å². The third kappa shape index (κ3) is 5.53. The average Bonchev–Trinajstić information content (AvgIpc) is 2.99. The van der Waals surface area contributed by atoms with Crippen LogP contribution in [0.5, 0.6) is 5.88 Å². The third-order valence-corrected chi connectivity index (χ3v) is 9.23. The maximum absolute atomic E-state index is 13.3. The molecule has 1 aromatic heterocycles. The predicted octanol–water partition coefficient (Wildman–Crippen LogP) is 9.64. The van der Waals surface area contributed by atoms with Crippen LogP contribution in [0.25, 0.3) is 21.7 Å². The normalized spacial score (nSPS) is 15.4. The Hall–Kier alpha value is -3.21. The second kappa shape index (κ2) is 12.1. The Labute approximate surface area is 246 Å². The lowest BCUT2D eigenvalue weighted by atomic mass is 9.69. The molecule has 0 aliphatic rings. The SMILES string of the molecule is CCC(C)C(C)CCC(O)(c1cccc2ccccc12)C(c1ccccc1)c1cc2cc(Br)ccc2nc1OC. The first-order valence-corrected chi connectivity index (χ1v) is 15.0. The molecule has 4 atom stereocenters. The summed E-state index contributed by atoms with van der Waals surface area (Å²) in [6.07, 6.45) is 2.62. The minimum atomic E-state index is -1.22. The van der Waals surface area contributed by atoms with Crippen molar-refractivity contribution in [3.05, 3.63) is 118 Å². The summed E-state index contributed by atoms with van der Waals surface area (Å²) in [4.78, 5) is 4.93. The Morgan fingerprint density at radius 1 is 0.850 bits per heavy atom. The molecule has 0 radical (unpaired) electrons. The molecule has 0 saturated carbocycles. The highest BCUT2D eigenvalue weighted by Crippen LogP contribution is 2.50. The molecule has 5 aromatic rings. The van der Waals surface area contributed by atoms with Gasteiger partial charge in [-0.1, -0.05) is 116 Å². The van der Waals surface area contributed by atoms with Crippen molar-refractivity contribution in [3.63, 3.8) is 0 Å². The average molecular weight is 597 g/mol. The number of hydrogen-bond donors (Lipinski definition) is 1. The van der Waals surface area contributed by atoms with E-state index in [1.807, 2.05) is 30.3 Å². The second-order valence-corrected chi connectivity index (χ2v) is 12.0. The van der Waals surface area contributed by atoms with Crippen LogP contribution >= 0.6 is 15.9 Å². The van der Waals surface area contributed by atoms with Crippen molar-refractivity contribution in [2.45, 2.75) is 51.6 Å². The molecule has 0 amide bonds. The molecule has 1 N–H and O–H groups in total. The Bertz CT molecular complexity index is 1600. The molecular weight excluding hydrogens is 558 g/mol.